The molecule has 0 bridgehead atoms. The number of methoxy groups -OCH3 is 1. The first-order chi connectivity index (χ1) is 8.17. The molecule has 1 rings (SSSR count). The predicted molar refractivity (Wildman–Crippen MR) is 64.9 cm³/mol. The van der Waals surface area contributed by atoms with Crippen LogP contribution in [0.1, 0.15) is 6.42 Å². The molecule has 1 aliphatic rings. The molecule has 1 atom stereocenters. The zero-order valence-corrected chi connectivity index (χ0v) is 10.7. The molecule has 2 N–H and O–H groups in total. The van der Waals surface area contributed by atoms with Gasteiger partial charge in [0.2, 0.25) is 5.91 Å². The van der Waals surface area contributed by atoms with Gasteiger partial charge in [-0.2, -0.15) is 0 Å². The van der Waals surface area contributed by atoms with Gasteiger partial charge in [-0.1, -0.05) is 11.8 Å². The van der Waals surface area contributed by atoms with E-state index in [2.05, 4.69) is 5.32 Å². The van der Waals surface area contributed by atoms with Crippen molar-refractivity contribution in [1.29, 1.82) is 0 Å². The molecule has 0 aromatic heterocycles. The Morgan fingerprint density at radius 2 is 2.47 bits per heavy atom. The van der Waals surface area contributed by atoms with Crippen LogP contribution in [0, 0.1) is 0 Å². The van der Waals surface area contributed by atoms with Crippen molar-refractivity contribution in [2.45, 2.75) is 12.5 Å². The van der Waals surface area contributed by atoms with Crippen LogP contribution in [0.4, 0.5) is 4.79 Å². The minimum absolute atomic E-state index is 0.0356. The lowest BCUT2D eigenvalue weighted by Gasteiger charge is -2.17. The van der Waals surface area contributed by atoms with Gasteiger partial charge in [0.05, 0.1) is 19.3 Å². The highest BCUT2D eigenvalue weighted by Crippen LogP contribution is 2.16. The number of ether oxygens (including phenoxy) is 1. The summed E-state index contributed by atoms with van der Waals surface area (Å²) in [5.41, 5.74) is 0. The number of carbonyl (C=O) groups excluding carboxylic acids is 2. The highest BCUT2D eigenvalue weighted by atomic mass is 32.2. The minimum Gasteiger partial charge on any atom is -0.394 e. The average Bonchev–Trinajstić information content (AvgIpc) is 2.71. The molecule has 17 heavy (non-hydrogen) atoms. The molecule has 0 radical (unpaired) electrons. The van der Waals surface area contributed by atoms with E-state index < -0.39 is 0 Å². The molecule has 6 nitrogen and oxygen atoms in total. The van der Waals surface area contributed by atoms with E-state index in [-0.39, 0.29) is 36.8 Å². The van der Waals surface area contributed by atoms with E-state index in [4.69, 9.17) is 9.84 Å². The Labute approximate surface area is 105 Å². The highest BCUT2D eigenvalue weighted by molar-refractivity contribution is 8.13. The zero-order chi connectivity index (χ0) is 12.7. The van der Waals surface area contributed by atoms with Crippen LogP contribution in [-0.4, -0.2) is 66.4 Å². The summed E-state index contributed by atoms with van der Waals surface area (Å²) in [6.07, 6.45) is 0.256. The Hall–Kier alpha value is -0.790. The van der Waals surface area contributed by atoms with Crippen molar-refractivity contribution in [3.8, 4) is 0 Å². The van der Waals surface area contributed by atoms with Gasteiger partial charge in [-0.3, -0.25) is 9.59 Å². The Balaban J connectivity index is 2.22. The van der Waals surface area contributed by atoms with E-state index in [1.165, 1.54) is 18.9 Å². The molecule has 1 fully saturated rings. The third-order valence-corrected chi connectivity index (χ3v) is 3.30. The van der Waals surface area contributed by atoms with E-state index >= 15 is 0 Å². The summed E-state index contributed by atoms with van der Waals surface area (Å²) in [6, 6.07) is -0.379. The third-order valence-electron chi connectivity index (χ3n) is 2.41. The van der Waals surface area contributed by atoms with Crippen molar-refractivity contribution in [2.75, 3.05) is 39.2 Å². The van der Waals surface area contributed by atoms with Crippen molar-refractivity contribution >= 4 is 22.9 Å². The second-order valence-electron chi connectivity index (χ2n) is 3.75. The first-order valence-electron chi connectivity index (χ1n) is 5.48. The Morgan fingerprint density at radius 3 is 3.00 bits per heavy atom. The number of hydrogen-bond donors (Lipinski definition) is 2. The first-order valence-corrected chi connectivity index (χ1v) is 6.46. The predicted octanol–water partition coefficient (Wildman–Crippen LogP) is -0.331. The van der Waals surface area contributed by atoms with Gasteiger partial charge in [-0.25, -0.2) is 0 Å². The van der Waals surface area contributed by atoms with Crippen LogP contribution < -0.4 is 5.32 Å². The number of aliphatic hydroxyl groups is 1. The number of rotatable bonds is 7. The average molecular weight is 262 g/mol. The normalized spacial score (nSPS) is 17.3. The van der Waals surface area contributed by atoms with E-state index in [1.54, 1.807) is 4.90 Å². The maximum Gasteiger partial charge on any atom is 0.281 e. The number of thioether (sulfide) groups is 1. The molecule has 0 spiro atoms. The minimum atomic E-state index is -0.379. The second kappa shape index (κ2) is 7.52. The van der Waals surface area contributed by atoms with Crippen molar-refractivity contribution in [3.63, 3.8) is 0 Å². The largest absolute Gasteiger partial charge is 0.394 e. The van der Waals surface area contributed by atoms with Crippen LogP contribution >= 0.6 is 11.8 Å². The summed E-state index contributed by atoms with van der Waals surface area (Å²) >= 11 is 1.28. The van der Waals surface area contributed by atoms with Crippen LogP contribution in [0.2, 0.25) is 0 Å². The van der Waals surface area contributed by atoms with Gasteiger partial charge in [0, 0.05) is 32.4 Å². The van der Waals surface area contributed by atoms with Gasteiger partial charge >= 0.3 is 0 Å². The molecule has 2 amide bonds. The van der Waals surface area contributed by atoms with E-state index in [0.717, 1.165) is 5.75 Å². The molecule has 0 saturated carbocycles. The third kappa shape index (κ3) is 4.93. The van der Waals surface area contributed by atoms with Gasteiger partial charge < -0.3 is 20.1 Å². The molecule has 0 aromatic carbocycles. The summed E-state index contributed by atoms with van der Waals surface area (Å²) in [4.78, 5) is 24.5. The standard InChI is InChI=1S/C10H18N2O4S/c1-16-7-8(6-13)11-9(14)2-3-12-4-5-17-10(12)15/h8,13H,2-7H2,1H3,(H,11,14). The fourth-order valence-electron chi connectivity index (χ4n) is 1.51. The van der Waals surface area contributed by atoms with E-state index in [9.17, 15) is 9.59 Å². The zero-order valence-electron chi connectivity index (χ0n) is 9.85. The molecule has 0 aromatic rings. The van der Waals surface area contributed by atoms with Crippen molar-refractivity contribution in [2.24, 2.45) is 0 Å². The Kier molecular flexibility index (Phi) is 6.31. The number of nitrogens with zero attached hydrogens (tertiary/aromatic N) is 1. The molecular formula is C10H18N2O4S. The van der Waals surface area contributed by atoms with Crippen LogP contribution in [-0.2, 0) is 9.53 Å². The monoisotopic (exact) mass is 262 g/mol. The summed E-state index contributed by atoms with van der Waals surface area (Å²) in [5, 5.41) is 11.6. The van der Waals surface area contributed by atoms with Crippen LogP contribution in [0.5, 0.6) is 0 Å². The molecular weight excluding hydrogens is 244 g/mol. The lowest BCUT2D eigenvalue weighted by atomic mass is 10.3. The van der Waals surface area contributed by atoms with Crippen LogP contribution in [0.25, 0.3) is 0 Å². The maximum atomic E-state index is 11.5. The summed E-state index contributed by atoms with van der Waals surface area (Å²) < 4.78 is 4.85. The molecule has 1 aliphatic heterocycles. The number of amides is 2. The number of carbonyl (C=O) groups is 2. The molecule has 0 aliphatic carbocycles. The van der Waals surface area contributed by atoms with E-state index in [1.807, 2.05) is 0 Å². The van der Waals surface area contributed by atoms with Gasteiger partial charge in [-0.05, 0) is 0 Å². The maximum absolute atomic E-state index is 11.5. The second-order valence-corrected chi connectivity index (χ2v) is 4.80. The summed E-state index contributed by atoms with van der Waals surface area (Å²) in [7, 11) is 1.51. The van der Waals surface area contributed by atoms with Crippen LogP contribution in [0.3, 0.4) is 0 Å². The quantitative estimate of drug-likeness (QED) is 0.657. The van der Waals surface area contributed by atoms with Gasteiger partial charge in [0.1, 0.15) is 0 Å². The topological polar surface area (TPSA) is 78.9 Å². The van der Waals surface area contributed by atoms with Crippen molar-refractivity contribution < 1.29 is 19.4 Å². The summed E-state index contributed by atoms with van der Waals surface area (Å²) in [6.45, 7) is 1.26. The molecule has 1 saturated heterocycles. The fourth-order valence-corrected chi connectivity index (χ4v) is 2.36. The first kappa shape index (κ1) is 14.3. The summed E-state index contributed by atoms with van der Waals surface area (Å²) in [5.74, 6) is 0.620. The molecule has 7 heteroatoms. The lowest BCUT2D eigenvalue weighted by molar-refractivity contribution is -0.122. The van der Waals surface area contributed by atoms with Gasteiger partial charge in [-0.15, -0.1) is 0 Å². The number of nitrogens with one attached hydrogen (secondary N) is 1. The SMILES string of the molecule is COCC(CO)NC(=O)CCN1CCSC1=O. The van der Waals surface area contributed by atoms with Crippen molar-refractivity contribution in [3.05, 3.63) is 0 Å². The van der Waals surface area contributed by atoms with Crippen molar-refractivity contribution in [1.82, 2.24) is 10.2 Å². The van der Waals surface area contributed by atoms with E-state index in [0.29, 0.717) is 13.1 Å². The van der Waals surface area contributed by atoms with Crippen LogP contribution in [0.15, 0.2) is 0 Å². The fraction of sp³-hybridized carbons (Fsp3) is 0.800. The Bertz CT molecular complexity index is 275. The number of hydrogen-bond acceptors (Lipinski definition) is 5. The molecule has 98 valence electrons. The number of aliphatic hydroxyl groups excluding tert-OH is 1. The molecule has 1 unspecified atom stereocenters. The lowest BCUT2D eigenvalue weighted by Crippen LogP contribution is -2.41. The smallest absolute Gasteiger partial charge is 0.281 e. The molecule has 1 heterocycles. The Morgan fingerprint density at radius 1 is 1.71 bits per heavy atom. The highest BCUT2D eigenvalue weighted by Gasteiger charge is 2.21. The van der Waals surface area contributed by atoms with Gasteiger partial charge in [0.25, 0.3) is 5.24 Å². The van der Waals surface area contributed by atoms with Gasteiger partial charge in [0.15, 0.2) is 0 Å².